The van der Waals surface area contributed by atoms with Gasteiger partial charge in [-0.15, -0.1) is 5.10 Å². The Kier molecular flexibility index (Phi) is 3.67. The quantitative estimate of drug-likeness (QED) is 0.792. The topological polar surface area (TPSA) is 55.2 Å². The average Bonchev–Trinajstić information content (AvgIpc) is 3.11. The van der Waals surface area contributed by atoms with Crippen molar-refractivity contribution in [1.29, 1.82) is 0 Å². The predicted molar refractivity (Wildman–Crippen MR) is 98.5 cm³/mol. The minimum atomic E-state index is -0.675. The summed E-state index contributed by atoms with van der Waals surface area (Å²) in [6.07, 6.45) is 2.82. The number of rotatable bonds is 2. The molecule has 0 amide bonds. The first kappa shape index (κ1) is 17.6. The Bertz CT molecular complexity index is 1020. The molecule has 0 bridgehead atoms. The number of ketones is 1. The number of aromatic nitrogens is 2. The molecule has 0 N–H and O–H groups in total. The van der Waals surface area contributed by atoms with Gasteiger partial charge in [-0.05, 0) is 42.0 Å². The van der Waals surface area contributed by atoms with Gasteiger partial charge >= 0.3 is 0 Å². The highest BCUT2D eigenvalue weighted by Crippen LogP contribution is 2.61. The number of benzene rings is 1. The number of hydrogen-bond acceptors (Lipinski definition) is 4. The van der Waals surface area contributed by atoms with Gasteiger partial charge in [0.2, 0.25) is 0 Å². The lowest BCUT2D eigenvalue weighted by Gasteiger charge is -2.40. The highest BCUT2D eigenvalue weighted by Gasteiger charge is 2.57. The van der Waals surface area contributed by atoms with Crippen molar-refractivity contribution in [2.75, 3.05) is 0 Å². The zero-order valence-corrected chi connectivity index (χ0v) is 15.5. The summed E-state index contributed by atoms with van der Waals surface area (Å²) in [6.45, 7) is 8.22. The molecule has 2 aliphatic rings. The fourth-order valence-electron chi connectivity index (χ4n) is 4.18. The largest absolute Gasteiger partial charge is 0.288 e. The fourth-order valence-corrected chi connectivity index (χ4v) is 4.18. The van der Waals surface area contributed by atoms with E-state index in [0.29, 0.717) is 11.4 Å². The third-order valence-corrected chi connectivity index (χ3v) is 6.48. The number of halogens is 2. The summed E-state index contributed by atoms with van der Waals surface area (Å²) in [5, 5.41) is 8.51. The van der Waals surface area contributed by atoms with Crippen LogP contribution in [0.15, 0.2) is 41.0 Å². The summed E-state index contributed by atoms with van der Waals surface area (Å²) in [5.74, 6) is -1.48. The monoisotopic (exact) mass is 367 g/mol. The third kappa shape index (κ3) is 2.25. The number of fused-ring (bicyclic) bond motifs is 1. The van der Waals surface area contributed by atoms with Gasteiger partial charge in [-0.3, -0.25) is 9.79 Å². The molecule has 2 aromatic rings. The number of allylic oxidation sites excluding steroid dienone is 2. The van der Waals surface area contributed by atoms with Crippen molar-refractivity contribution in [3.63, 3.8) is 0 Å². The van der Waals surface area contributed by atoms with Crippen molar-refractivity contribution in [2.24, 2.45) is 10.4 Å². The number of carbonyl (C=O) groups is 1. The first-order valence-electron chi connectivity index (χ1n) is 8.80. The lowest BCUT2D eigenvalue weighted by Crippen LogP contribution is -2.38. The van der Waals surface area contributed by atoms with Gasteiger partial charge in [-0.25, -0.2) is 8.78 Å². The molecular weight excluding hydrogens is 348 g/mol. The van der Waals surface area contributed by atoms with Crippen molar-refractivity contribution in [2.45, 2.75) is 39.0 Å². The van der Waals surface area contributed by atoms with Gasteiger partial charge in [0.25, 0.3) is 0 Å². The van der Waals surface area contributed by atoms with E-state index in [1.165, 1.54) is 30.5 Å². The molecule has 0 saturated carbocycles. The van der Waals surface area contributed by atoms with E-state index in [1.54, 1.807) is 6.07 Å². The highest BCUT2D eigenvalue weighted by molar-refractivity contribution is 6.35. The summed E-state index contributed by atoms with van der Waals surface area (Å²) < 4.78 is 28.4. The van der Waals surface area contributed by atoms with E-state index in [2.05, 4.69) is 29.0 Å². The molecule has 27 heavy (non-hydrogen) atoms. The SMILES string of the molecule is C[C@H]1c2cc(-c3c(F)cccc3F)nnc2[C@](C)(C2=CC(=O)C=N2)C1(C)C. The van der Waals surface area contributed by atoms with Crippen molar-refractivity contribution in [3.05, 3.63) is 58.9 Å². The maximum Gasteiger partial charge on any atom is 0.198 e. The van der Waals surface area contributed by atoms with Crippen LogP contribution in [-0.4, -0.2) is 22.2 Å². The van der Waals surface area contributed by atoms with E-state index >= 15 is 0 Å². The molecule has 0 spiro atoms. The van der Waals surface area contributed by atoms with Gasteiger partial charge in [0.05, 0.1) is 34.3 Å². The van der Waals surface area contributed by atoms with E-state index in [-0.39, 0.29) is 28.4 Å². The number of nitrogens with zero attached hydrogens (tertiary/aromatic N) is 3. The molecule has 4 nitrogen and oxygen atoms in total. The van der Waals surface area contributed by atoms with Gasteiger partial charge in [-0.1, -0.05) is 26.8 Å². The standard InChI is InChI=1S/C21H19F2N3O/c1-11-13-9-16(18-14(22)6-5-7-15(18)23)25-26-19(13)21(4,20(11,2)3)17-8-12(27)10-24-17/h5-11H,1-4H3/t11-,21-/m0/s1. The number of aliphatic imine (C=N–C) groups is 1. The maximum atomic E-state index is 14.2. The molecule has 0 unspecified atom stereocenters. The van der Waals surface area contributed by atoms with Gasteiger partial charge in [0.15, 0.2) is 5.78 Å². The summed E-state index contributed by atoms with van der Waals surface area (Å²) in [7, 11) is 0. The molecular formula is C21H19F2N3O. The van der Waals surface area contributed by atoms with Crippen LogP contribution in [-0.2, 0) is 10.2 Å². The first-order chi connectivity index (χ1) is 12.7. The van der Waals surface area contributed by atoms with E-state index in [9.17, 15) is 13.6 Å². The van der Waals surface area contributed by atoms with Gasteiger partial charge in [0, 0.05) is 6.08 Å². The smallest absolute Gasteiger partial charge is 0.198 e. The zero-order chi connectivity index (χ0) is 19.6. The van der Waals surface area contributed by atoms with E-state index in [1.807, 2.05) is 13.8 Å². The number of hydrogen-bond donors (Lipinski definition) is 0. The Balaban J connectivity index is 1.93. The minimum absolute atomic E-state index is 0.0217. The second-order valence-electron chi connectivity index (χ2n) is 7.89. The minimum Gasteiger partial charge on any atom is -0.288 e. The van der Waals surface area contributed by atoms with Crippen molar-refractivity contribution < 1.29 is 13.6 Å². The molecule has 138 valence electrons. The Morgan fingerprint density at radius 2 is 1.74 bits per heavy atom. The number of carbonyl (C=O) groups excluding carboxylic acids is 1. The summed E-state index contributed by atoms with van der Waals surface area (Å²) in [4.78, 5) is 16.0. The predicted octanol–water partition coefficient (Wildman–Crippen LogP) is 4.36. The average molecular weight is 367 g/mol. The molecule has 1 aliphatic carbocycles. The fraction of sp³-hybridized carbons (Fsp3) is 0.333. The van der Waals surface area contributed by atoms with Gasteiger partial charge in [0.1, 0.15) is 11.6 Å². The molecule has 6 heteroatoms. The molecule has 1 aromatic heterocycles. The van der Waals surface area contributed by atoms with Crippen LogP contribution in [0, 0.1) is 17.0 Å². The van der Waals surface area contributed by atoms with E-state index in [4.69, 9.17) is 0 Å². The van der Waals surface area contributed by atoms with Crippen LogP contribution in [0.3, 0.4) is 0 Å². The molecule has 1 aliphatic heterocycles. The second-order valence-corrected chi connectivity index (χ2v) is 7.89. The van der Waals surface area contributed by atoms with Crippen LogP contribution in [0.1, 0.15) is 44.9 Å². The Hall–Kier alpha value is -2.76. The van der Waals surface area contributed by atoms with Crippen molar-refractivity contribution in [3.8, 4) is 11.3 Å². The Morgan fingerprint density at radius 1 is 1.07 bits per heavy atom. The van der Waals surface area contributed by atoms with Crippen molar-refractivity contribution >= 4 is 12.0 Å². The van der Waals surface area contributed by atoms with Crippen LogP contribution in [0.25, 0.3) is 11.3 Å². The Labute approximate surface area is 156 Å². The van der Waals surface area contributed by atoms with Gasteiger partial charge in [-0.2, -0.15) is 5.10 Å². The van der Waals surface area contributed by atoms with Gasteiger partial charge < -0.3 is 0 Å². The zero-order valence-electron chi connectivity index (χ0n) is 15.5. The van der Waals surface area contributed by atoms with Crippen LogP contribution in [0.5, 0.6) is 0 Å². The third-order valence-electron chi connectivity index (χ3n) is 6.48. The molecule has 0 fully saturated rings. The maximum absolute atomic E-state index is 14.2. The van der Waals surface area contributed by atoms with Crippen LogP contribution >= 0.6 is 0 Å². The van der Waals surface area contributed by atoms with E-state index in [0.717, 1.165) is 5.56 Å². The highest BCUT2D eigenvalue weighted by atomic mass is 19.1. The second kappa shape index (κ2) is 5.62. The summed E-state index contributed by atoms with van der Waals surface area (Å²) in [5.41, 5.74) is 1.22. The molecule has 0 saturated heterocycles. The Morgan fingerprint density at radius 3 is 2.33 bits per heavy atom. The molecule has 0 radical (unpaired) electrons. The summed E-state index contributed by atoms with van der Waals surface area (Å²) in [6, 6.07) is 5.44. The molecule has 4 rings (SSSR count). The van der Waals surface area contributed by atoms with Crippen LogP contribution in [0.4, 0.5) is 8.78 Å². The van der Waals surface area contributed by atoms with Crippen molar-refractivity contribution in [1.82, 2.24) is 10.2 Å². The van der Waals surface area contributed by atoms with Crippen LogP contribution in [0.2, 0.25) is 0 Å². The van der Waals surface area contributed by atoms with E-state index < -0.39 is 17.0 Å². The normalized spacial score (nSPS) is 25.6. The molecule has 2 atom stereocenters. The molecule has 2 heterocycles. The lowest BCUT2D eigenvalue weighted by molar-refractivity contribution is -0.108. The first-order valence-corrected chi connectivity index (χ1v) is 8.80. The summed E-state index contributed by atoms with van der Waals surface area (Å²) >= 11 is 0. The van der Waals surface area contributed by atoms with Crippen LogP contribution < -0.4 is 0 Å². The lowest BCUT2D eigenvalue weighted by atomic mass is 9.63. The molecule has 1 aromatic carbocycles.